The van der Waals surface area contributed by atoms with E-state index in [1.165, 1.54) is 36.7 Å². The van der Waals surface area contributed by atoms with Crippen molar-refractivity contribution in [3.63, 3.8) is 0 Å². The average molecular weight is 506 g/mol. The lowest BCUT2D eigenvalue weighted by atomic mass is 10.1. The van der Waals surface area contributed by atoms with Crippen LogP contribution in [0.3, 0.4) is 0 Å². The summed E-state index contributed by atoms with van der Waals surface area (Å²) in [6.07, 6.45) is 4.14. The summed E-state index contributed by atoms with van der Waals surface area (Å²) >= 11 is 0.985. The Morgan fingerprint density at radius 3 is 2.36 bits per heavy atom. The third kappa shape index (κ3) is 5.37. The van der Waals surface area contributed by atoms with Crippen LogP contribution < -0.4 is 14.8 Å². The number of ether oxygens (including phenoxy) is 2. The first-order valence-electron chi connectivity index (χ1n) is 10.1. The molecule has 2 aromatic carbocycles. The molecule has 4 rings (SSSR count). The fraction of sp³-hybridized carbons (Fsp3) is 0.0909. The maximum Gasteiger partial charge on any atom is 0.296 e. The van der Waals surface area contributed by atoms with Gasteiger partial charge in [0.2, 0.25) is 0 Å². The van der Waals surface area contributed by atoms with Crippen molar-refractivity contribution in [1.82, 2.24) is 9.97 Å². The lowest BCUT2D eigenvalue weighted by Crippen LogP contribution is -2.18. The van der Waals surface area contributed by atoms with Crippen LogP contribution >= 0.6 is 11.8 Å². The van der Waals surface area contributed by atoms with Gasteiger partial charge in [-0.25, -0.2) is 9.97 Å². The molecule has 2 heterocycles. The van der Waals surface area contributed by atoms with Gasteiger partial charge in [0.15, 0.2) is 16.7 Å². The molecule has 0 bridgehead atoms. The second kappa shape index (κ2) is 10.5. The molecule has 0 atom stereocenters. The number of nitro benzene ring substituents is 2. The summed E-state index contributed by atoms with van der Waals surface area (Å²) in [5, 5.41) is 35.3. The molecular formula is C22H14N6O7S. The van der Waals surface area contributed by atoms with Gasteiger partial charge in [-0.15, -0.1) is 0 Å². The zero-order chi connectivity index (χ0) is 25.7. The van der Waals surface area contributed by atoms with E-state index < -0.39 is 27.0 Å². The van der Waals surface area contributed by atoms with Crippen LogP contribution in [0.15, 0.2) is 64.4 Å². The molecule has 1 amide bonds. The average Bonchev–Trinajstić information content (AvgIpc) is 2.87. The quantitative estimate of drug-likeness (QED) is 0.162. The Bertz CT molecular complexity index is 1440. The summed E-state index contributed by atoms with van der Waals surface area (Å²) in [4.78, 5) is 42.9. The minimum absolute atomic E-state index is 0.160. The monoisotopic (exact) mass is 506 g/mol. The van der Waals surface area contributed by atoms with Crippen LogP contribution in [0.25, 0.3) is 6.08 Å². The molecule has 0 radical (unpaired) electrons. The fourth-order valence-corrected chi connectivity index (χ4v) is 3.92. The minimum Gasteiger partial charge on any atom is -0.486 e. The number of nitrogens with one attached hydrogen (secondary N) is 1. The van der Waals surface area contributed by atoms with Crippen molar-refractivity contribution >= 4 is 40.8 Å². The molecule has 13 nitrogen and oxygen atoms in total. The number of fused-ring (bicyclic) bond motifs is 1. The van der Waals surface area contributed by atoms with Crippen LogP contribution in [0.2, 0.25) is 0 Å². The van der Waals surface area contributed by atoms with Crippen molar-refractivity contribution in [3.05, 3.63) is 80.2 Å². The molecule has 0 saturated carbocycles. The Kier molecular flexibility index (Phi) is 7.02. The Labute approximate surface area is 206 Å². The van der Waals surface area contributed by atoms with Gasteiger partial charge in [0.1, 0.15) is 30.5 Å². The second-order valence-electron chi connectivity index (χ2n) is 7.01. The number of anilines is 1. The minimum atomic E-state index is -0.948. The van der Waals surface area contributed by atoms with Gasteiger partial charge in [0.05, 0.1) is 20.8 Å². The molecule has 14 heteroatoms. The first-order chi connectivity index (χ1) is 17.4. The molecule has 1 aliphatic rings. The van der Waals surface area contributed by atoms with Crippen molar-refractivity contribution in [1.29, 1.82) is 5.26 Å². The molecule has 0 spiro atoms. The first kappa shape index (κ1) is 24.1. The summed E-state index contributed by atoms with van der Waals surface area (Å²) in [6.45, 7) is 0.448. The first-order valence-corrected chi connectivity index (χ1v) is 10.9. The number of nitro groups is 2. The molecule has 180 valence electrons. The third-order valence-corrected chi connectivity index (χ3v) is 5.66. The molecule has 0 unspecified atom stereocenters. The zero-order valence-corrected chi connectivity index (χ0v) is 18.9. The fourth-order valence-electron chi connectivity index (χ4n) is 3.12. The number of aromatic nitrogens is 2. The number of amides is 1. The summed E-state index contributed by atoms with van der Waals surface area (Å²) in [5.74, 6) is -0.583. The number of nitriles is 1. The number of rotatable bonds is 7. The van der Waals surface area contributed by atoms with E-state index >= 15 is 0 Å². The van der Waals surface area contributed by atoms with Gasteiger partial charge in [0, 0.05) is 24.5 Å². The van der Waals surface area contributed by atoms with Gasteiger partial charge >= 0.3 is 0 Å². The normalized spacial score (nSPS) is 12.4. The van der Waals surface area contributed by atoms with Crippen LogP contribution in [-0.2, 0) is 4.79 Å². The Balaban J connectivity index is 1.62. The highest BCUT2D eigenvalue weighted by atomic mass is 32.2. The van der Waals surface area contributed by atoms with E-state index in [1.54, 1.807) is 12.1 Å². The second-order valence-corrected chi connectivity index (χ2v) is 8.02. The number of carbonyl (C=O) groups excluding carboxylic acids is 1. The lowest BCUT2D eigenvalue weighted by molar-refractivity contribution is -0.387. The number of nitrogens with zero attached hydrogens (tertiary/aromatic N) is 5. The molecule has 36 heavy (non-hydrogen) atoms. The van der Waals surface area contributed by atoms with Crippen molar-refractivity contribution in [2.75, 3.05) is 18.5 Å². The van der Waals surface area contributed by atoms with E-state index in [2.05, 4.69) is 15.3 Å². The van der Waals surface area contributed by atoms with Gasteiger partial charge in [-0.05, 0) is 35.5 Å². The molecule has 1 aromatic heterocycles. The third-order valence-electron chi connectivity index (χ3n) is 4.70. The topological polar surface area (TPSA) is 183 Å². The van der Waals surface area contributed by atoms with E-state index in [4.69, 9.17) is 9.47 Å². The maximum absolute atomic E-state index is 12.8. The predicted molar refractivity (Wildman–Crippen MR) is 126 cm³/mol. The van der Waals surface area contributed by atoms with Gasteiger partial charge in [-0.1, -0.05) is 6.07 Å². The van der Waals surface area contributed by atoms with Crippen LogP contribution in [0.1, 0.15) is 5.56 Å². The van der Waals surface area contributed by atoms with E-state index in [0.29, 0.717) is 5.16 Å². The van der Waals surface area contributed by atoms with E-state index in [9.17, 15) is 30.3 Å². The molecule has 0 fully saturated rings. The number of benzene rings is 2. The van der Waals surface area contributed by atoms with Crippen LogP contribution in [0.4, 0.5) is 17.1 Å². The largest absolute Gasteiger partial charge is 0.486 e. The van der Waals surface area contributed by atoms with E-state index in [1.807, 2.05) is 0 Å². The van der Waals surface area contributed by atoms with E-state index in [-0.39, 0.29) is 46.5 Å². The molecule has 0 saturated heterocycles. The molecule has 3 aromatic rings. The van der Waals surface area contributed by atoms with Crippen molar-refractivity contribution in [2.24, 2.45) is 0 Å². The maximum atomic E-state index is 12.8. The molecular weight excluding hydrogens is 492 g/mol. The smallest absolute Gasteiger partial charge is 0.296 e. The molecule has 1 aliphatic heterocycles. The summed E-state index contributed by atoms with van der Waals surface area (Å²) < 4.78 is 10.7. The molecule has 1 N–H and O–H groups in total. The SMILES string of the molecule is N#C/C(=C\c1ccc(Sc2ncccn2)c([N+](=O)[O-])c1)C(=O)Nc1cc2c(cc1[N+](=O)[O-])OCCO2. The summed E-state index contributed by atoms with van der Waals surface area (Å²) in [7, 11) is 0. The van der Waals surface area contributed by atoms with Crippen molar-refractivity contribution < 1.29 is 24.1 Å². The van der Waals surface area contributed by atoms with Gasteiger partial charge in [-0.3, -0.25) is 25.0 Å². The van der Waals surface area contributed by atoms with Crippen LogP contribution in [-0.4, -0.2) is 38.9 Å². The van der Waals surface area contributed by atoms with Gasteiger partial charge in [-0.2, -0.15) is 5.26 Å². The van der Waals surface area contributed by atoms with E-state index in [0.717, 1.165) is 23.9 Å². The standard InChI is InChI=1S/C22H14N6O7S/c23-12-14(21(29)26-15-10-18-19(35-7-6-34-18)11-16(15)27(30)31)8-13-2-3-20(17(9-13)28(32)33)36-22-24-4-1-5-25-22/h1-5,8-11H,6-7H2,(H,26,29)/b14-8+. The highest BCUT2D eigenvalue weighted by Gasteiger charge is 2.25. The Morgan fingerprint density at radius 1 is 1.06 bits per heavy atom. The highest BCUT2D eigenvalue weighted by molar-refractivity contribution is 7.99. The Morgan fingerprint density at radius 2 is 1.72 bits per heavy atom. The number of carbonyl (C=O) groups is 1. The predicted octanol–water partition coefficient (Wildman–Crippen LogP) is 3.76. The van der Waals surface area contributed by atoms with Gasteiger partial charge < -0.3 is 14.8 Å². The van der Waals surface area contributed by atoms with Crippen LogP contribution in [0.5, 0.6) is 11.5 Å². The zero-order valence-electron chi connectivity index (χ0n) is 18.1. The molecule has 0 aliphatic carbocycles. The number of hydrogen-bond acceptors (Lipinski definition) is 11. The highest BCUT2D eigenvalue weighted by Crippen LogP contribution is 2.39. The lowest BCUT2D eigenvalue weighted by Gasteiger charge is -2.19. The summed E-state index contributed by atoms with van der Waals surface area (Å²) in [6, 6.07) is 9.81. The summed E-state index contributed by atoms with van der Waals surface area (Å²) in [5.41, 5.74) is -1.16. The van der Waals surface area contributed by atoms with Crippen molar-refractivity contribution in [3.8, 4) is 17.6 Å². The van der Waals surface area contributed by atoms with Gasteiger partial charge in [0.25, 0.3) is 17.3 Å². The number of hydrogen-bond donors (Lipinski definition) is 1. The Hall–Kier alpha value is -5.03. The van der Waals surface area contributed by atoms with Crippen molar-refractivity contribution in [2.45, 2.75) is 10.1 Å². The van der Waals surface area contributed by atoms with Crippen LogP contribution in [0, 0.1) is 31.6 Å².